The van der Waals surface area contributed by atoms with Crippen LogP contribution in [0.25, 0.3) is 0 Å². The number of aromatic hydroxyl groups is 1. The molecule has 170 valence electrons. The molecule has 0 radical (unpaired) electrons. The van der Waals surface area contributed by atoms with E-state index in [1.54, 1.807) is 12.1 Å². The highest BCUT2D eigenvalue weighted by Gasteiger charge is 2.25. The minimum atomic E-state index is -1.42. The summed E-state index contributed by atoms with van der Waals surface area (Å²) in [5.41, 5.74) is 6.13. The van der Waals surface area contributed by atoms with E-state index in [1.807, 2.05) is 0 Å². The van der Waals surface area contributed by atoms with Gasteiger partial charge in [-0.2, -0.15) is 0 Å². The number of carbonyl (C=O) groups excluding carboxylic acids is 3. The lowest BCUT2D eigenvalue weighted by atomic mass is 10.0. The van der Waals surface area contributed by atoms with Crippen LogP contribution in [0, 0.1) is 0 Å². The van der Waals surface area contributed by atoms with Crippen molar-refractivity contribution in [3.63, 3.8) is 0 Å². The highest BCUT2D eigenvalue weighted by molar-refractivity contribution is 5.92. The molecule has 0 aromatic heterocycles. The normalized spacial score (nSPS) is 13.4. The molecule has 3 atom stereocenters. The van der Waals surface area contributed by atoms with Crippen LogP contribution in [0.5, 0.6) is 5.75 Å². The lowest BCUT2D eigenvalue weighted by molar-refractivity contribution is -0.143. The van der Waals surface area contributed by atoms with Crippen molar-refractivity contribution in [2.24, 2.45) is 5.73 Å². The van der Waals surface area contributed by atoms with E-state index in [2.05, 4.69) is 16.0 Å². The summed E-state index contributed by atoms with van der Waals surface area (Å²) in [7, 11) is 0. The summed E-state index contributed by atoms with van der Waals surface area (Å²) in [6.07, 6.45) is -0.734. The second-order valence-electron chi connectivity index (χ2n) is 6.83. The number of nitrogens with two attached hydrogens (primary N) is 1. The highest BCUT2D eigenvalue weighted by Crippen LogP contribution is 2.11. The highest BCUT2D eigenvalue weighted by atomic mass is 16.4. The van der Waals surface area contributed by atoms with Gasteiger partial charge >= 0.3 is 11.9 Å². The van der Waals surface area contributed by atoms with Crippen molar-refractivity contribution in [3.05, 3.63) is 29.8 Å². The number of rotatable bonds is 12. The zero-order valence-corrected chi connectivity index (χ0v) is 16.8. The van der Waals surface area contributed by atoms with Crippen LogP contribution in [0.1, 0.15) is 25.3 Å². The van der Waals surface area contributed by atoms with E-state index in [1.165, 1.54) is 19.1 Å². The number of hydrogen-bond acceptors (Lipinski definition) is 7. The van der Waals surface area contributed by atoms with Crippen LogP contribution in [0.15, 0.2) is 24.3 Å². The van der Waals surface area contributed by atoms with Gasteiger partial charge in [-0.15, -0.1) is 0 Å². The van der Waals surface area contributed by atoms with Crippen molar-refractivity contribution in [3.8, 4) is 5.75 Å². The van der Waals surface area contributed by atoms with E-state index in [0.29, 0.717) is 5.56 Å². The fraction of sp³-hybridized carbons (Fsp3) is 0.421. The van der Waals surface area contributed by atoms with Crippen LogP contribution < -0.4 is 21.7 Å². The van der Waals surface area contributed by atoms with E-state index >= 15 is 0 Å². The minimum Gasteiger partial charge on any atom is -0.508 e. The first kappa shape index (κ1) is 25.4. The van der Waals surface area contributed by atoms with Gasteiger partial charge in [-0.3, -0.25) is 19.2 Å². The predicted molar refractivity (Wildman–Crippen MR) is 107 cm³/mol. The third-order valence-corrected chi connectivity index (χ3v) is 4.13. The summed E-state index contributed by atoms with van der Waals surface area (Å²) in [6, 6.07) is 2.54. The van der Waals surface area contributed by atoms with Gasteiger partial charge in [0.25, 0.3) is 0 Å². The van der Waals surface area contributed by atoms with Gasteiger partial charge in [-0.1, -0.05) is 12.1 Å². The van der Waals surface area contributed by atoms with E-state index < -0.39 is 60.8 Å². The fourth-order valence-corrected chi connectivity index (χ4v) is 2.44. The molecule has 3 amide bonds. The van der Waals surface area contributed by atoms with Gasteiger partial charge in [0.05, 0.1) is 12.6 Å². The van der Waals surface area contributed by atoms with Crippen molar-refractivity contribution in [2.45, 2.75) is 44.3 Å². The Morgan fingerprint density at radius 3 is 2.10 bits per heavy atom. The Labute approximate surface area is 177 Å². The van der Waals surface area contributed by atoms with Crippen molar-refractivity contribution in [2.75, 3.05) is 6.54 Å². The first-order valence-electron chi connectivity index (χ1n) is 9.35. The predicted octanol–water partition coefficient (Wildman–Crippen LogP) is -1.68. The monoisotopic (exact) mass is 438 g/mol. The smallest absolute Gasteiger partial charge is 0.326 e. The Hall–Kier alpha value is -3.67. The molecule has 0 saturated heterocycles. The lowest BCUT2D eigenvalue weighted by Crippen LogP contribution is -2.53. The average molecular weight is 438 g/mol. The summed E-state index contributed by atoms with van der Waals surface area (Å²) in [5.74, 6) is -4.74. The summed E-state index contributed by atoms with van der Waals surface area (Å²) in [4.78, 5) is 58.2. The molecule has 0 aliphatic heterocycles. The second kappa shape index (κ2) is 12.1. The number of hydrogen-bond donors (Lipinski definition) is 7. The van der Waals surface area contributed by atoms with Crippen LogP contribution in [-0.2, 0) is 30.4 Å². The Balaban J connectivity index is 2.74. The number of phenolic OH excluding ortho intramolecular Hbond substituents is 1. The van der Waals surface area contributed by atoms with Crippen molar-refractivity contribution in [1.29, 1.82) is 0 Å². The number of benzene rings is 1. The molecule has 12 heteroatoms. The molecule has 0 saturated carbocycles. The van der Waals surface area contributed by atoms with Gasteiger partial charge < -0.3 is 37.0 Å². The molecular weight excluding hydrogens is 412 g/mol. The standard InChI is InChI=1S/C19H26N4O8/c1-10(20)17(28)23-14(8-11-2-4-12(24)5-3-11)18(29)21-9-15(25)22-13(19(30)31)6-7-16(26)27/h2-5,10,13-14,24H,6-9,20H2,1H3,(H,21,29)(H,22,25)(H,23,28)(H,26,27)(H,30,31)/t10-,13-,14-/m0/s1. The van der Waals surface area contributed by atoms with E-state index in [-0.39, 0.29) is 18.6 Å². The Morgan fingerprint density at radius 1 is 0.968 bits per heavy atom. The third-order valence-electron chi connectivity index (χ3n) is 4.13. The molecule has 31 heavy (non-hydrogen) atoms. The van der Waals surface area contributed by atoms with E-state index in [9.17, 15) is 29.1 Å². The lowest BCUT2D eigenvalue weighted by Gasteiger charge is -2.20. The number of nitrogens with one attached hydrogen (secondary N) is 3. The maximum absolute atomic E-state index is 12.5. The number of carboxylic acids is 2. The summed E-state index contributed by atoms with van der Waals surface area (Å²) >= 11 is 0. The number of aliphatic carboxylic acids is 2. The van der Waals surface area contributed by atoms with E-state index in [4.69, 9.17) is 15.9 Å². The second-order valence-corrected chi connectivity index (χ2v) is 6.83. The van der Waals surface area contributed by atoms with E-state index in [0.717, 1.165) is 0 Å². The maximum Gasteiger partial charge on any atom is 0.326 e. The van der Waals surface area contributed by atoms with Gasteiger partial charge in [0.2, 0.25) is 17.7 Å². The Morgan fingerprint density at radius 2 is 1.58 bits per heavy atom. The van der Waals surface area contributed by atoms with Crippen LogP contribution in [-0.4, -0.2) is 69.7 Å². The molecule has 0 spiro atoms. The summed E-state index contributed by atoms with van der Waals surface area (Å²) in [5, 5.41) is 34.0. The average Bonchev–Trinajstić information content (AvgIpc) is 2.69. The molecule has 0 fully saturated rings. The SMILES string of the molecule is C[C@H](N)C(=O)N[C@@H](Cc1ccc(O)cc1)C(=O)NCC(=O)N[C@@H](CCC(=O)O)C(=O)O. The first-order valence-corrected chi connectivity index (χ1v) is 9.35. The summed E-state index contributed by atoms with van der Waals surface area (Å²) < 4.78 is 0. The molecule has 1 rings (SSSR count). The number of carbonyl (C=O) groups is 5. The molecule has 0 bridgehead atoms. The fourth-order valence-electron chi connectivity index (χ4n) is 2.44. The topological polar surface area (TPSA) is 208 Å². The van der Waals surface area contributed by atoms with Gasteiger partial charge in [0.1, 0.15) is 17.8 Å². The molecule has 0 unspecified atom stereocenters. The van der Waals surface area contributed by atoms with Crippen LogP contribution in [0.3, 0.4) is 0 Å². The zero-order chi connectivity index (χ0) is 23.6. The first-order chi connectivity index (χ1) is 14.5. The van der Waals surface area contributed by atoms with Crippen LogP contribution in [0.4, 0.5) is 0 Å². The van der Waals surface area contributed by atoms with Gasteiger partial charge in [0, 0.05) is 12.8 Å². The molecule has 0 heterocycles. The zero-order valence-electron chi connectivity index (χ0n) is 16.8. The number of phenols is 1. The van der Waals surface area contributed by atoms with Crippen molar-refractivity contribution in [1.82, 2.24) is 16.0 Å². The minimum absolute atomic E-state index is 0.0249. The quantitative estimate of drug-likeness (QED) is 0.198. The summed E-state index contributed by atoms with van der Waals surface area (Å²) in [6.45, 7) is 0.845. The van der Waals surface area contributed by atoms with Gasteiger partial charge in [0.15, 0.2) is 0 Å². The molecule has 12 nitrogen and oxygen atoms in total. The molecule has 8 N–H and O–H groups in total. The Bertz CT molecular complexity index is 810. The van der Waals surface area contributed by atoms with Crippen LogP contribution in [0.2, 0.25) is 0 Å². The maximum atomic E-state index is 12.5. The Kier molecular flexibility index (Phi) is 9.92. The van der Waals surface area contributed by atoms with Crippen LogP contribution >= 0.6 is 0 Å². The van der Waals surface area contributed by atoms with Gasteiger partial charge in [-0.25, -0.2) is 4.79 Å². The number of carboxylic acid groups (broad SMARTS) is 2. The van der Waals surface area contributed by atoms with Crippen molar-refractivity contribution < 1.29 is 39.3 Å². The largest absolute Gasteiger partial charge is 0.508 e. The molecular formula is C19H26N4O8. The van der Waals surface area contributed by atoms with Gasteiger partial charge in [-0.05, 0) is 31.0 Å². The molecule has 0 aliphatic rings. The third kappa shape index (κ3) is 9.58. The molecule has 0 aliphatic carbocycles. The molecule has 1 aromatic rings. The molecule has 1 aromatic carbocycles. The van der Waals surface area contributed by atoms with Crippen molar-refractivity contribution >= 4 is 29.7 Å². The number of amides is 3.